The molecule has 1 aliphatic rings. The molecule has 0 saturated carbocycles. The van der Waals surface area contributed by atoms with E-state index in [-0.39, 0.29) is 28.1 Å². The quantitative estimate of drug-likeness (QED) is 0.553. The summed E-state index contributed by atoms with van der Waals surface area (Å²) in [6, 6.07) is 10.5. The smallest absolute Gasteiger partial charge is 0.490 e. The molecule has 1 aliphatic heterocycles. The zero-order valence-electron chi connectivity index (χ0n) is 17.4. The van der Waals surface area contributed by atoms with Gasteiger partial charge in [0.1, 0.15) is 39.9 Å². The van der Waals surface area contributed by atoms with Gasteiger partial charge in [-0.05, 0) is 36.4 Å². The van der Waals surface area contributed by atoms with Crippen molar-refractivity contribution in [3.8, 4) is 17.6 Å². The molecule has 2 aromatic heterocycles. The summed E-state index contributed by atoms with van der Waals surface area (Å²) in [4.78, 5) is 19.0. The number of rotatable bonds is 4. The number of alkyl halides is 3. The number of benzene rings is 1. The molecule has 3 heterocycles. The molecule has 1 aromatic carbocycles. The van der Waals surface area contributed by atoms with Crippen LogP contribution in [-0.4, -0.2) is 35.1 Å². The number of aryl methyl sites for hydroxylation is 1. The number of aromatic nitrogens is 2. The Kier molecular flexibility index (Phi) is 6.08. The Hall–Kier alpha value is -3.45. The highest BCUT2D eigenvalue weighted by atomic mass is 35.5. The first-order valence-electron chi connectivity index (χ1n) is 10.0. The molecule has 1 saturated heterocycles. The topological polar surface area (TPSA) is 80.4 Å². The van der Waals surface area contributed by atoms with Gasteiger partial charge in [-0.3, -0.25) is 4.79 Å². The molecular weight excluding hydrogens is 461 g/mol. The summed E-state index contributed by atoms with van der Waals surface area (Å²) >= 11 is 6.41. The average Bonchev–Trinajstić information content (AvgIpc) is 2.79. The van der Waals surface area contributed by atoms with Gasteiger partial charge in [-0.15, -0.1) is 13.2 Å². The molecule has 0 spiro atoms. The molecule has 0 bridgehead atoms. The molecule has 7 nitrogen and oxygen atoms in total. The van der Waals surface area contributed by atoms with Gasteiger partial charge in [0.05, 0.1) is 11.2 Å². The van der Waals surface area contributed by atoms with E-state index in [9.17, 15) is 23.2 Å². The lowest BCUT2D eigenvalue weighted by Crippen LogP contribution is -2.39. The van der Waals surface area contributed by atoms with Gasteiger partial charge in [0.15, 0.2) is 0 Å². The van der Waals surface area contributed by atoms with E-state index in [0.717, 1.165) is 0 Å². The minimum absolute atomic E-state index is 0.0345. The summed E-state index contributed by atoms with van der Waals surface area (Å²) in [5, 5.41) is 9.27. The Morgan fingerprint density at radius 2 is 1.76 bits per heavy atom. The van der Waals surface area contributed by atoms with Gasteiger partial charge in [-0.2, -0.15) is 5.26 Å². The number of anilines is 1. The molecule has 0 aliphatic carbocycles. The van der Waals surface area contributed by atoms with Crippen molar-refractivity contribution in [1.82, 2.24) is 9.55 Å². The van der Waals surface area contributed by atoms with Crippen LogP contribution in [0.15, 0.2) is 41.2 Å². The van der Waals surface area contributed by atoms with E-state index in [1.807, 2.05) is 11.0 Å². The molecule has 33 heavy (non-hydrogen) atoms. The highest BCUT2D eigenvalue weighted by Gasteiger charge is 2.31. The van der Waals surface area contributed by atoms with Crippen molar-refractivity contribution >= 4 is 28.3 Å². The molecule has 11 heteroatoms. The number of nitriles is 1. The molecule has 0 N–H and O–H groups in total. The summed E-state index contributed by atoms with van der Waals surface area (Å²) in [5.41, 5.74) is 1.39. The van der Waals surface area contributed by atoms with Gasteiger partial charge >= 0.3 is 6.36 Å². The third-order valence-electron chi connectivity index (χ3n) is 5.39. The van der Waals surface area contributed by atoms with Gasteiger partial charge < -0.3 is 18.9 Å². The molecule has 0 unspecified atom stereocenters. The maximum atomic E-state index is 12.6. The number of piperidine rings is 1. The Labute approximate surface area is 191 Å². The normalized spacial score (nSPS) is 14.8. The van der Waals surface area contributed by atoms with E-state index in [1.165, 1.54) is 28.8 Å². The van der Waals surface area contributed by atoms with Crippen LogP contribution in [-0.2, 0) is 7.05 Å². The number of pyridine rings is 2. The first-order chi connectivity index (χ1) is 15.7. The summed E-state index contributed by atoms with van der Waals surface area (Å²) in [6.07, 6.45) is -3.74. The number of halogens is 4. The van der Waals surface area contributed by atoms with E-state index in [1.54, 1.807) is 19.2 Å². The van der Waals surface area contributed by atoms with Crippen LogP contribution < -0.4 is 19.9 Å². The summed E-state index contributed by atoms with van der Waals surface area (Å²) < 4.78 is 48.1. The Balaban J connectivity index is 1.50. The summed E-state index contributed by atoms with van der Waals surface area (Å²) in [5.74, 6) is 0.112. The SMILES string of the molecule is Cn1c(=O)c(Cl)c(N2CCC(Oc3ccc(OC(F)(F)F)cc3)CC2)c2nc(C#N)ccc21. The third kappa shape index (κ3) is 4.83. The van der Waals surface area contributed by atoms with Crippen LogP contribution in [0, 0.1) is 11.3 Å². The maximum absolute atomic E-state index is 12.6. The van der Waals surface area contributed by atoms with E-state index in [2.05, 4.69) is 9.72 Å². The van der Waals surface area contributed by atoms with E-state index in [0.29, 0.717) is 48.4 Å². The lowest BCUT2D eigenvalue weighted by molar-refractivity contribution is -0.274. The number of nitrogens with zero attached hydrogens (tertiary/aromatic N) is 4. The molecule has 0 radical (unpaired) electrons. The fourth-order valence-corrected chi connectivity index (χ4v) is 4.15. The fourth-order valence-electron chi connectivity index (χ4n) is 3.82. The van der Waals surface area contributed by atoms with Crippen molar-refractivity contribution in [2.75, 3.05) is 18.0 Å². The molecule has 0 amide bonds. The lowest BCUT2D eigenvalue weighted by atomic mass is 10.1. The predicted molar refractivity (Wildman–Crippen MR) is 116 cm³/mol. The number of hydrogen-bond acceptors (Lipinski definition) is 6. The largest absolute Gasteiger partial charge is 0.573 e. The Morgan fingerprint density at radius 1 is 1.12 bits per heavy atom. The Morgan fingerprint density at radius 3 is 2.36 bits per heavy atom. The fraction of sp³-hybridized carbons (Fsp3) is 0.318. The van der Waals surface area contributed by atoms with Gasteiger partial charge in [-0.25, -0.2) is 4.98 Å². The van der Waals surface area contributed by atoms with Crippen LogP contribution in [0.25, 0.3) is 11.0 Å². The van der Waals surface area contributed by atoms with Gasteiger partial charge in [0.2, 0.25) is 0 Å². The van der Waals surface area contributed by atoms with Crippen molar-refractivity contribution in [2.45, 2.75) is 25.3 Å². The standard InChI is InChI=1S/C22H18ClF3N4O3/c1-29-17-7-2-13(12-27)28-19(17)20(18(23)21(29)31)30-10-8-15(9-11-30)32-14-3-5-16(6-4-14)33-22(24,25)26/h2-7,15H,8-11H2,1H3. The van der Waals surface area contributed by atoms with Gasteiger partial charge in [-0.1, -0.05) is 11.6 Å². The summed E-state index contributed by atoms with van der Waals surface area (Å²) in [6.45, 7) is 1.03. The highest BCUT2D eigenvalue weighted by molar-refractivity contribution is 6.34. The van der Waals surface area contributed by atoms with E-state index in [4.69, 9.17) is 16.3 Å². The second-order valence-corrected chi connectivity index (χ2v) is 7.90. The second kappa shape index (κ2) is 8.83. The highest BCUT2D eigenvalue weighted by Crippen LogP contribution is 2.33. The zero-order chi connectivity index (χ0) is 23.8. The average molecular weight is 479 g/mol. The van der Waals surface area contributed by atoms with Crippen LogP contribution >= 0.6 is 11.6 Å². The number of ether oxygens (including phenoxy) is 2. The second-order valence-electron chi connectivity index (χ2n) is 7.53. The molecule has 4 rings (SSSR count). The van der Waals surface area contributed by atoms with Crippen molar-refractivity contribution in [1.29, 1.82) is 5.26 Å². The first-order valence-corrected chi connectivity index (χ1v) is 10.4. The van der Waals surface area contributed by atoms with Crippen LogP contribution in [0.5, 0.6) is 11.5 Å². The first kappa shape index (κ1) is 22.7. The van der Waals surface area contributed by atoms with Gasteiger partial charge in [0, 0.05) is 33.0 Å². The minimum Gasteiger partial charge on any atom is -0.490 e. The van der Waals surface area contributed by atoms with Crippen LogP contribution in [0.3, 0.4) is 0 Å². The molecule has 1 fully saturated rings. The van der Waals surface area contributed by atoms with Crippen molar-refractivity contribution in [3.63, 3.8) is 0 Å². The summed E-state index contributed by atoms with van der Waals surface area (Å²) in [7, 11) is 1.60. The third-order valence-corrected chi connectivity index (χ3v) is 5.73. The maximum Gasteiger partial charge on any atom is 0.573 e. The van der Waals surface area contributed by atoms with Crippen LogP contribution in [0.1, 0.15) is 18.5 Å². The van der Waals surface area contributed by atoms with Crippen molar-refractivity contribution < 1.29 is 22.6 Å². The molecular formula is C22H18ClF3N4O3. The predicted octanol–water partition coefficient (Wildman–Crippen LogP) is 4.40. The monoisotopic (exact) mass is 478 g/mol. The minimum atomic E-state index is -4.75. The van der Waals surface area contributed by atoms with Crippen LogP contribution in [0.4, 0.5) is 18.9 Å². The van der Waals surface area contributed by atoms with Crippen LogP contribution in [0.2, 0.25) is 5.02 Å². The zero-order valence-corrected chi connectivity index (χ0v) is 18.2. The van der Waals surface area contributed by atoms with E-state index >= 15 is 0 Å². The van der Waals surface area contributed by atoms with Gasteiger partial charge in [0.25, 0.3) is 5.56 Å². The van der Waals surface area contributed by atoms with E-state index < -0.39 is 6.36 Å². The molecule has 172 valence electrons. The Bertz CT molecular complexity index is 1280. The lowest BCUT2D eigenvalue weighted by Gasteiger charge is -2.34. The van der Waals surface area contributed by atoms with Crippen molar-refractivity contribution in [2.24, 2.45) is 7.05 Å². The molecule has 0 atom stereocenters. The number of hydrogen-bond donors (Lipinski definition) is 0. The van der Waals surface area contributed by atoms with Crippen molar-refractivity contribution in [3.05, 3.63) is 57.5 Å². The number of fused-ring (bicyclic) bond motifs is 1. The molecule has 3 aromatic rings.